The lowest BCUT2D eigenvalue weighted by atomic mass is 9.87. The number of rotatable bonds is 7. The first-order valence-corrected chi connectivity index (χ1v) is 9.55. The third-order valence-electron chi connectivity index (χ3n) is 5.37. The van der Waals surface area contributed by atoms with Crippen LogP contribution >= 0.6 is 0 Å². The van der Waals surface area contributed by atoms with Gasteiger partial charge in [0.25, 0.3) is 0 Å². The van der Waals surface area contributed by atoms with Gasteiger partial charge >= 0.3 is 6.03 Å². The average Bonchev–Trinajstić information content (AvgIpc) is 2.54. The lowest BCUT2D eigenvalue weighted by Gasteiger charge is -2.30. The molecular weight excluding hydrogens is 290 g/mol. The molecule has 23 heavy (non-hydrogen) atoms. The number of aliphatic hydroxyl groups excluding tert-OH is 1. The smallest absolute Gasteiger partial charge is 0.314 e. The van der Waals surface area contributed by atoms with E-state index in [1.165, 1.54) is 25.9 Å². The zero-order chi connectivity index (χ0) is 16.5. The summed E-state index contributed by atoms with van der Waals surface area (Å²) in [5.74, 6) is 1.33. The van der Waals surface area contributed by atoms with Crippen LogP contribution in [0.5, 0.6) is 0 Å². The first-order valence-electron chi connectivity index (χ1n) is 9.55. The minimum absolute atomic E-state index is 0.0585. The fraction of sp³-hybridized carbons (Fsp3) is 0.944. The molecule has 2 rings (SSSR count). The lowest BCUT2D eigenvalue weighted by molar-refractivity contribution is 0.101. The molecule has 1 saturated heterocycles. The van der Waals surface area contributed by atoms with E-state index in [0.29, 0.717) is 12.5 Å². The molecule has 5 heteroatoms. The predicted molar refractivity (Wildman–Crippen MR) is 93.4 cm³/mol. The van der Waals surface area contributed by atoms with Gasteiger partial charge in [0.2, 0.25) is 0 Å². The molecule has 0 spiro atoms. The Morgan fingerprint density at radius 2 is 1.91 bits per heavy atom. The van der Waals surface area contributed by atoms with E-state index in [9.17, 15) is 9.90 Å². The summed E-state index contributed by atoms with van der Waals surface area (Å²) >= 11 is 0. The van der Waals surface area contributed by atoms with Crippen LogP contribution < -0.4 is 10.6 Å². The van der Waals surface area contributed by atoms with Crippen LogP contribution in [0, 0.1) is 11.8 Å². The van der Waals surface area contributed by atoms with Crippen molar-refractivity contribution in [3.05, 3.63) is 0 Å². The minimum Gasteiger partial charge on any atom is -0.393 e. The van der Waals surface area contributed by atoms with Crippen LogP contribution in [0.4, 0.5) is 4.79 Å². The van der Waals surface area contributed by atoms with Gasteiger partial charge in [0.1, 0.15) is 0 Å². The summed E-state index contributed by atoms with van der Waals surface area (Å²) in [5.41, 5.74) is 0. The third kappa shape index (κ3) is 7.53. The fourth-order valence-electron chi connectivity index (χ4n) is 3.70. The van der Waals surface area contributed by atoms with E-state index < -0.39 is 0 Å². The molecule has 1 saturated carbocycles. The molecule has 2 fully saturated rings. The highest BCUT2D eigenvalue weighted by Gasteiger charge is 2.20. The number of hydrogen-bond acceptors (Lipinski definition) is 3. The van der Waals surface area contributed by atoms with E-state index in [1.54, 1.807) is 0 Å². The molecule has 0 aromatic heterocycles. The van der Waals surface area contributed by atoms with Gasteiger partial charge in [-0.15, -0.1) is 0 Å². The highest BCUT2D eigenvalue weighted by atomic mass is 16.3. The SMILES string of the molecule is CC1CCN(CCCCNC(=O)NCC2CCCC(O)C2)CC1. The Bertz CT molecular complexity index is 343. The summed E-state index contributed by atoms with van der Waals surface area (Å²) in [4.78, 5) is 14.3. The van der Waals surface area contributed by atoms with E-state index in [2.05, 4.69) is 22.5 Å². The van der Waals surface area contributed by atoms with Crippen molar-refractivity contribution in [2.45, 2.75) is 64.4 Å². The van der Waals surface area contributed by atoms with Gasteiger partial charge in [0, 0.05) is 13.1 Å². The summed E-state index contributed by atoms with van der Waals surface area (Å²) in [6.07, 6.45) is 8.62. The number of nitrogens with zero attached hydrogens (tertiary/aromatic N) is 1. The Morgan fingerprint density at radius 3 is 2.65 bits per heavy atom. The van der Waals surface area contributed by atoms with Crippen LogP contribution in [0.3, 0.4) is 0 Å². The number of urea groups is 1. The van der Waals surface area contributed by atoms with E-state index in [1.807, 2.05) is 0 Å². The van der Waals surface area contributed by atoms with Crippen LogP contribution in [0.1, 0.15) is 58.3 Å². The van der Waals surface area contributed by atoms with Crippen molar-refractivity contribution in [3.8, 4) is 0 Å². The highest BCUT2D eigenvalue weighted by molar-refractivity contribution is 5.73. The second kappa shape index (κ2) is 10.1. The molecule has 2 atom stereocenters. The molecule has 1 aliphatic heterocycles. The number of unbranched alkanes of at least 4 members (excludes halogenated alkanes) is 1. The van der Waals surface area contributed by atoms with Crippen molar-refractivity contribution < 1.29 is 9.90 Å². The molecule has 134 valence electrons. The number of hydrogen-bond donors (Lipinski definition) is 3. The molecule has 1 aliphatic carbocycles. The van der Waals surface area contributed by atoms with E-state index in [4.69, 9.17) is 0 Å². The molecule has 2 aliphatic rings. The average molecular weight is 325 g/mol. The second-order valence-corrected chi connectivity index (χ2v) is 7.55. The van der Waals surface area contributed by atoms with Crippen molar-refractivity contribution in [1.29, 1.82) is 0 Å². The Labute approximate surface area is 141 Å². The molecule has 0 bridgehead atoms. The normalized spacial score (nSPS) is 26.9. The number of carbonyl (C=O) groups is 1. The van der Waals surface area contributed by atoms with Crippen molar-refractivity contribution in [3.63, 3.8) is 0 Å². The molecule has 5 nitrogen and oxygen atoms in total. The van der Waals surface area contributed by atoms with Gasteiger partial charge in [-0.3, -0.25) is 0 Å². The minimum atomic E-state index is -0.170. The summed E-state index contributed by atoms with van der Waals surface area (Å²) in [6.45, 7) is 7.42. The molecule has 3 N–H and O–H groups in total. The lowest BCUT2D eigenvalue weighted by Crippen LogP contribution is -2.40. The number of nitrogens with one attached hydrogen (secondary N) is 2. The fourth-order valence-corrected chi connectivity index (χ4v) is 3.70. The van der Waals surface area contributed by atoms with Gasteiger partial charge in [-0.1, -0.05) is 13.3 Å². The van der Waals surface area contributed by atoms with Gasteiger partial charge in [-0.05, 0) is 76.4 Å². The Morgan fingerprint density at radius 1 is 1.13 bits per heavy atom. The van der Waals surface area contributed by atoms with Crippen LogP contribution in [-0.4, -0.2) is 54.9 Å². The van der Waals surface area contributed by atoms with E-state index >= 15 is 0 Å². The standard InChI is InChI=1S/C18H35N3O2/c1-15-7-11-21(12-8-15)10-3-2-9-19-18(23)20-14-16-5-4-6-17(22)13-16/h15-17,22H,2-14H2,1H3,(H2,19,20,23). The monoisotopic (exact) mass is 325 g/mol. The van der Waals surface area contributed by atoms with Crippen LogP contribution in [0.15, 0.2) is 0 Å². The van der Waals surface area contributed by atoms with Gasteiger partial charge in [-0.25, -0.2) is 4.79 Å². The van der Waals surface area contributed by atoms with Crippen molar-refractivity contribution in [1.82, 2.24) is 15.5 Å². The largest absolute Gasteiger partial charge is 0.393 e. The summed E-state index contributed by atoms with van der Waals surface area (Å²) < 4.78 is 0. The van der Waals surface area contributed by atoms with Gasteiger partial charge in [-0.2, -0.15) is 0 Å². The van der Waals surface area contributed by atoms with Gasteiger partial charge in [0.05, 0.1) is 6.10 Å². The zero-order valence-electron chi connectivity index (χ0n) is 14.7. The maximum Gasteiger partial charge on any atom is 0.314 e. The quantitative estimate of drug-likeness (QED) is 0.630. The Balaban J connectivity index is 1.44. The Hall–Kier alpha value is -0.810. The number of piperidine rings is 1. The van der Waals surface area contributed by atoms with E-state index in [-0.39, 0.29) is 12.1 Å². The number of likely N-dealkylation sites (tertiary alicyclic amines) is 1. The van der Waals surface area contributed by atoms with Crippen LogP contribution in [0.2, 0.25) is 0 Å². The third-order valence-corrected chi connectivity index (χ3v) is 5.37. The molecule has 0 aromatic rings. The molecule has 0 radical (unpaired) electrons. The highest BCUT2D eigenvalue weighted by Crippen LogP contribution is 2.23. The predicted octanol–water partition coefficient (Wildman–Crippen LogP) is 2.35. The van der Waals surface area contributed by atoms with Crippen LogP contribution in [0.25, 0.3) is 0 Å². The number of carbonyl (C=O) groups excluding carboxylic acids is 1. The molecule has 1 heterocycles. The summed E-state index contributed by atoms with van der Waals surface area (Å²) in [5, 5.41) is 15.5. The Kier molecular flexibility index (Phi) is 8.17. The number of aliphatic hydroxyl groups is 1. The molecular formula is C18H35N3O2. The van der Waals surface area contributed by atoms with Crippen molar-refractivity contribution in [2.24, 2.45) is 11.8 Å². The first-order chi connectivity index (χ1) is 11.1. The van der Waals surface area contributed by atoms with Gasteiger partial charge < -0.3 is 20.6 Å². The maximum atomic E-state index is 11.8. The summed E-state index contributed by atoms with van der Waals surface area (Å²) in [6, 6.07) is -0.0585. The zero-order valence-corrected chi connectivity index (χ0v) is 14.7. The topological polar surface area (TPSA) is 64.6 Å². The molecule has 0 aromatic carbocycles. The van der Waals surface area contributed by atoms with Crippen molar-refractivity contribution in [2.75, 3.05) is 32.7 Å². The first kappa shape index (κ1) is 18.5. The molecule has 2 unspecified atom stereocenters. The second-order valence-electron chi connectivity index (χ2n) is 7.55. The van der Waals surface area contributed by atoms with E-state index in [0.717, 1.165) is 57.5 Å². The van der Waals surface area contributed by atoms with Crippen molar-refractivity contribution >= 4 is 6.03 Å². The number of amides is 2. The van der Waals surface area contributed by atoms with Crippen LogP contribution in [-0.2, 0) is 0 Å². The summed E-state index contributed by atoms with van der Waals surface area (Å²) in [7, 11) is 0. The molecule has 2 amide bonds. The maximum absolute atomic E-state index is 11.8. The van der Waals surface area contributed by atoms with Gasteiger partial charge in [0.15, 0.2) is 0 Å².